The third-order valence-corrected chi connectivity index (χ3v) is 2.17. The van der Waals surface area contributed by atoms with Crippen molar-refractivity contribution in [1.29, 1.82) is 5.26 Å². The molecule has 0 fully saturated rings. The maximum atomic E-state index is 11.6. The smallest absolute Gasteiger partial charge is 0.263 e. The van der Waals surface area contributed by atoms with Crippen molar-refractivity contribution in [2.45, 2.75) is 13.3 Å². The lowest BCUT2D eigenvalue weighted by Crippen LogP contribution is -2.26. The van der Waals surface area contributed by atoms with Gasteiger partial charge in [0.05, 0.1) is 0 Å². The van der Waals surface area contributed by atoms with Crippen LogP contribution in [0.25, 0.3) is 0 Å². The predicted octanol–water partition coefficient (Wildman–Crippen LogP) is 0.955. The van der Waals surface area contributed by atoms with Crippen LogP contribution in [0.1, 0.15) is 12.2 Å². The molecule has 0 aliphatic rings. The van der Waals surface area contributed by atoms with E-state index in [1.165, 1.54) is 6.20 Å². The molecule has 0 spiro atoms. The molecule has 7 nitrogen and oxygen atoms in total. The number of ether oxygens (including phenoxy) is 1. The number of amides is 1. The lowest BCUT2D eigenvalue weighted by atomic mass is 10.3. The maximum absolute atomic E-state index is 11.6. The van der Waals surface area contributed by atoms with Gasteiger partial charge < -0.3 is 19.9 Å². The van der Waals surface area contributed by atoms with Gasteiger partial charge in [0, 0.05) is 32.5 Å². The zero-order valence-corrected chi connectivity index (χ0v) is 10.9. The summed E-state index contributed by atoms with van der Waals surface area (Å²) in [5.41, 5.74) is -0.0296. The van der Waals surface area contributed by atoms with Crippen LogP contribution in [0.5, 0.6) is 0 Å². The van der Waals surface area contributed by atoms with E-state index < -0.39 is 5.91 Å². The molecule has 1 heterocycles. The van der Waals surface area contributed by atoms with Gasteiger partial charge in [-0.2, -0.15) is 5.26 Å². The average Bonchev–Trinajstić information content (AvgIpc) is 2.81. The molecule has 0 radical (unpaired) electrons. The Morgan fingerprint density at radius 1 is 1.68 bits per heavy atom. The number of nitrogens with zero attached hydrogens (tertiary/aromatic N) is 2. The Morgan fingerprint density at radius 3 is 3.05 bits per heavy atom. The fourth-order valence-corrected chi connectivity index (χ4v) is 1.24. The normalized spacial score (nSPS) is 10.9. The Labute approximate surface area is 111 Å². The molecule has 0 bridgehead atoms. The first-order valence-corrected chi connectivity index (χ1v) is 5.74. The van der Waals surface area contributed by atoms with Crippen molar-refractivity contribution in [3.63, 3.8) is 0 Å². The van der Waals surface area contributed by atoms with Crippen LogP contribution in [0.15, 0.2) is 22.4 Å². The summed E-state index contributed by atoms with van der Waals surface area (Å²) in [5.74, 6) is 0.641. The fourth-order valence-electron chi connectivity index (χ4n) is 1.24. The molecule has 1 aromatic rings. The van der Waals surface area contributed by atoms with Crippen LogP contribution in [0.3, 0.4) is 0 Å². The molecule has 0 atom stereocenters. The number of nitriles is 1. The van der Waals surface area contributed by atoms with Gasteiger partial charge >= 0.3 is 0 Å². The van der Waals surface area contributed by atoms with Crippen LogP contribution < -0.4 is 10.6 Å². The molecule has 1 aromatic heterocycles. The van der Waals surface area contributed by atoms with E-state index in [2.05, 4.69) is 15.8 Å². The van der Waals surface area contributed by atoms with E-state index in [4.69, 9.17) is 14.5 Å². The summed E-state index contributed by atoms with van der Waals surface area (Å²) in [6.07, 6.45) is 1.99. The first kappa shape index (κ1) is 14.7. The molecular weight excluding hydrogens is 248 g/mol. The first-order valence-electron chi connectivity index (χ1n) is 5.74. The number of aromatic nitrogens is 1. The number of nitrogens with one attached hydrogen (secondary N) is 2. The number of aryl methyl sites for hydroxylation is 1. The Balaban J connectivity index is 2.47. The topological polar surface area (TPSA) is 100 Å². The minimum atomic E-state index is -0.439. The maximum Gasteiger partial charge on any atom is 0.263 e. The van der Waals surface area contributed by atoms with Crippen molar-refractivity contribution in [2.24, 2.45) is 0 Å². The van der Waals surface area contributed by atoms with E-state index in [1.54, 1.807) is 20.1 Å². The van der Waals surface area contributed by atoms with Gasteiger partial charge in [-0.15, -0.1) is 0 Å². The standard InChI is InChI=1S/C12H16N4O3/c1-9-6-11(16-19-9)15-8-10(7-13)12(17)14-4-3-5-18-2/h6,8H,3-5H2,1-2H3,(H,14,17)(H,15,16)/b10-8-. The number of hydrogen-bond acceptors (Lipinski definition) is 6. The van der Waals surface area contributed by atoms with E-state index in [0.29, 0.717) is 31.2 Å². The van der Waals surface area contributed by atoms with Gasteiger partial charge in [-0.05, 0) is 13.3 Å². The van der Waals surface area contributed by atoms with E-state index in [9.17, 15) is 4.79 Å². The Kier molecular flexibility index (Phi) is 6.12. The number of carbonyl (C=O) groups is 1. The molecule has 102 valence electrons. The molecule has 0 aliphatic carbocycles. The molecule has 0 aromatic carbocycles. The molecule has 0 saturated carbocycles. The first-order chi connectivity index (χ1) is 9.17. The van der Waals surface area contributed by atoms with E-state index in [0.717, 1.165) is 0 Å². The van der Waals surface area contributed by atoms with Gasteiger partial charge in [-0.1, -0.05) is 5.16 Å². The van der Waals surface area contributed by atoms with Gasteiger partial charge in [0.25, 0.3) is 5.91 Å². The van der Waals surface area contributed by atoms with E-state index in [1.807, 2.05) is 6.07 Å². The summed E-state index contributed by atoms with van der Waals surface area (Å²) in [4.78, 5) is 11.6. The lowest BCUT2D eigenvalue weighted by Gasteiger charge is -2.03. The van der Waals surface area contributed by atoms with Crippen molar-refractivity contribution >= 4 is 11.7 Å². The number of anilines is 1. The average molecular weight is 264 g/mol. The second kappa shape index (κ2) is 7.89. The molecule has 7 heteroatoms. The second-order valence-electron chi connectivity index (χ2n) is 3.74. The number of carbonyl (C=O) groups excluding carboxylic acids is 1. The molecule has 19 heavy (non-hydrogen) atoms. The number of hydrogen-bond donors (Lipinski definition) is 2. The Morgan fingerprint density at radius 2 is 2.47 bits per heavy atom. The largest absolute Gasteiger partial charge is 0.385 e. The Hall–Kier alpha value is -2.33. The number of methoxy groups -OCH3 is 1. The molecule has 1 amide bonds. The van der Waals surface area contributed by atoms with Crippen LogP contribution in [-0.4, -0.2) is 31.3 Å². The van der Waals surface area contributed by atoms with Crippen LogP contribution in [0.4, 0.5) is 5.82 Å². The highest BCUT2D eigenvalue weighted by atomic mass is 16.5. The number of rotatable bonds is 7. The molecule has 0 aliphatic heterocycles. The predicted molar refractivity (Wildman–Crippen MR) is 68.1 cm³/mol. The third kappa shape index (κ3) is 5.23. The highest BCUT2D eigenvalue weighted by molar-refractivity contribution is 5.97. The summed E-state index contributed by atoms with van der Waals surface area (Å²) in [7, 11) is 1.59. The zero-order valence-electron chi connectivity index (χ0n) is 10.9. The monoisotopic (exact) mass is 264 g/mol. The zero-order chi connectivity index (χ0) is 14.1. The van der Waals surface area contributed by atoms with E-state index in [-0.39, 0.29) is 5.57 Å². The second-order valence-corrected chi connectivity index (χ2v) is 3.74. The highest BCUT2D eigenvalue weighted by Gasteiger charge is 2.08. The van der Waals surface area contributed by atoms with Crippen molar-refractivity contribution in [3.05, 3.63) is 23.6 Å². The molecule has 1 rings (SSSR count). The van der Waals surface area contributed by atoms with Crippen LogP contribution in [0.2, 0.25) is 0 Å². The summed E-state index contributed by atoms with van der Waals surface area (Å²) < 4.78 is 9.70. The minimum absolute atomic E-state index is 0.0296. The SMILES string of the molecule is COCCCNC(=O)/C(C#N)=C\Nc1cc(C)on1. The third-order valence-electron chi connectivity index (χ3n) is 2.17. The van der Waals surface area contributed by atoms with Crippen molar-refractivity contribution in [1.82, 2.24) is 10.5 Å². The van der Waals surface area contributed by atoms with E-state index >= 15 is 0 Å². The van der Waals surface area contributed by atoms with Crippen LogP contribution in [0, 0.1) is 18.3 Å². The van der Waals surface area contributed by atoms with Gasteiger partial charge in [-0.25, -0.2) is 0 Å². The summed E-state index contributed by atoms with van der Waals surface area (Å²) in [5, 5.41) is 17.9. The van der Waals surface area contributed by atoms with Crippen molar-refractivity contribution in [3.8, 4) is 6.07 Å². The lowest BCUT2D eigenvalue weighted by molar-refractivity contribution is -0.117. The molecule has 2 N–H and O–H groups in total. The van der Waals surface area contributed by atoms with Crippen molar-refractivity contribution < 1.29 is 14.1 Å². The summed E-state index contributed by atoms with van der Waals surface area (Å²) >= 11 is 0. The summed E-state index contributed by atoms with van der Waals surface area (Å²) in [6.45, 7) is 2.76. The van der Waals surface area contributed by atoms with Crippen LogP contribution in [-0.2, 0) is 9.53 Å². The summed E-state index contributed by atoms with van der Waals surface area (Å²) in [6, 6.07) is 3.47. The minimum Gasteiger partial charge on any atom is -0.385 e. The van der Waals surface area contributed by atoms with Gasteiger partial charge in [-0.3, -0.25) is 4.79 Å². The molecule has 0 saturated heterocycles. The fraction of sp³-hybridized carbons (Fsp3) is 0.417. The van der Waals surface area contributed by atoms with Gasteiger partial charge in [0.2, 0.25) is 0 Å². The Bertz CT molecular complexity index is 487. The van der Waals surface area contributed by atoms with Crippen LogP contribution >= 0.6 is 0 Å². The molecule has 0 unspecified atom stereocenters. The highest BCUT2D eigenvalue weighted by Crippen LogP contribution is 2.07. The van der Waals surface area contributed by atoms with Gasteiger partial charge in [0.1, 0.15) is 17.4 Å². The quantitative estimate of drug-likeness (QED) is 0.432. The molecular formula is C12H16N4O3. The van der Waals surface area contributed by atoms with Crippen molar-refractivity contribution in [2.75, 3.05) is 25.6 Å². The van der Waals surface area contributed by atoms with Gasteiger partial charge in [0.15, 0.2) is 5.82 Å².